The van der Waals surface area contributed by atoms with E-state index in [1.54, 1.807) is 7.11 Å². The smallest absolute Gasteiger partial charge is 0.227 e. The molecule has 0 aliphatic heterocycles. The average molecular weight is 233 g/mol. The molecule has 0 spiro atoms. The molecule has 0 bridgehead atoms. The average Bonchev–Trinajstić information content (AvgIpc) is 2.78. The van der Waals surface area contributed by atoms with Crippen molar-refractivity contribution < 1.29 is 9.26 Å². The van der Waals surface area contributed by atoms with Crippen LogP contribution in [0.25, 0.3) is 0 Å². The molecule has 1 aromatic carbocycles. The summed E-state index contributed by atoms with van der Waals surface area (Å²) in [5, 5.41) is 3.90. The van der Waals surface area contributed by atoms with Gasteiger partial charge in [0.15, 0.2) is 5.82 Å². The molecule has 5 heteroatoms. The fourth-order valence-corrected chi connectivity index (χ4v) is 1.51. The minimum absolute atomic E-state index is 0.518. The van der Waals surface area contributed by atoms with Crippen molar-refractivity contribution in [1.29, 1.82) is 0 Å². The lowest BCUT2D eigenvalue weighted by Gasteiger charge is -2.00. The Hall–Kier alpha value is -1.88. The zero-order valence-electron chi connectivity index (χ0n) is 9.72. The summed E-state index contributed by atoms with van der Waals surface area (Å²) in [5.41, 5.74) is 6.53. The fraction of sp³-hybridized carbons (Fsp3) is 0.333. The molecular weight excluding hydrogens is 218 g/mol. The van der Waals surface area contributed by atoms with Gasteiger partial charge in [0.1, 0.15) is 5.75 Å². The zero-order valence-corrected chi connectivity index (χ0v) is 9.72. The quantitative estimate of drug-likeness (QED) is 0.839. The van der Waals surface area contributed by atoms with E-state index in [0.717, 1.165) is 11.3 Å². The monoisotopic (exact) mass is 233 g/mol. The second-order valence-electron chi connectivity index (χ2n) is 3.67. The maximum Gasteiger partial charge on any atom is 0.227 e. The first kappa shape index (κ1) is 11.6. The van der Waals surface area contributed by atoms with Gasteiger partial charge in [-0.25, -0.2) is 0 Å². The third-order valence-electron chi connectivity index (χ3n) is 2.39. The molecular formula is C12H15N3O2. The molecule has 0 atom stereocenters. The zero-order chi connectivity index (χ0) is 12.1. The number of hydrogen-bond acceptors (Lipinski definition) is 5. The van der Waals surface area contributed by atoms with Gasteiger partial charge in [0, 0.05) is 19.4 Å². The summed E-state index contributed by atoms with van der Waals surface area (Å²) < 4.78 is 10.1. The molecule has 1 heterocycles. The topological polar surface area (TPSA) is 74.2 Å². The Bertz CT molecular complexity index is 465. The highest BCUT2D eigenvalue weighted by molar-refractivity contribution is 5.28. The lowest BCUT2D eigenvalue weighted by Crippen LogP contribution is -2.02. The van der Waals surface area contributed by atoms with Crippen LogP contribution in [0, 0.1) is 0 Å². The Morgan fingerprint density at radius 2 is 2.06 bits per heavy atom. The van der Waals surface area contributed by atoms with Crippen molar-refractivity contribution in [2.45, 2.75) is 12.8 Å². The Morgan fingerprint density at radius 3 is 2.71 bits per heavy atom. The molecule has 0 radical (unpaired) electrons. The Morgan fingerprint density at radius 1 is 1.29 bits per heavy atom. The molecule has 0 aliphatic carbocycles. The fourth-order valence-electron chi connectivity index (χ4n) is 1.51. The summed E-state index contributed by atoms with van der Waals surface area (Å²) >= 11 is 0. The number of ether oxygens (including phenoxy) is 1. The molecule has 0 saturated carbocycles. The number of nitrogens with zero attached hydrogens (tertiary/aromatic N) is 2. The highest BCUT2D eigenvalue weighted by atomic mass is 16.5. The maximum absolute atomic E-state index is 5.41. The first-order valence-electron chi connectivity index (χ1n) is 5.46. The summed E-state index contributed by atoms with van der Waals surface area (Å²) in [6.45, 7) is 0.518. The van der Waals surface area contributed by atoms with Crippen LogP contribution in [0.15, 0.2) is 28.8 Å². The van der Waals surface area contributed by atoms with Gasteiger partial charge >= 0.3 is 0 Å². The van der Waals surface area contributed by atoms with Crippen LogP contribution in [-0.4, -0.2) is 23.8 Å². The van der Waals surface area contributed by atoms with Gasteiger partial charge in [-0.3, -0.25) is 0 Å². The summed E-state index contributed by atoms with van der Waals surface area (Å²) in [7, 11) is 1.65. The summed E-state index contributed by atoms with van der Waals surface area (Å²) in [4.78, 5) is 4.25. The van der Waals surface area contributed by atoms with Crippen molar-refractivity contribution in [3.8, 4) is 5.75 Å². The molecule has 0 amide bonds. The van der Waals surface area contributed by atoms with Gasteiger partial charge in [0.05, 0.1) is 7.11 Å². The molecule has 90 valence electrons. The molecule has 5 nitrogen and oxygen atoms in total. The predicted molar refractivity (Wildman–Crippen MR) is 62.9 cm³/mol. The Balaban J connectivity index is 2.03. The van der Waals surface area contributed by atoms with Gasteiger partial charge in [-0.1, -0.05) is 17.3 Å². The van der Waals surface area contributed by atoms with Crippen molar-refractivity contribution in [2.24, 2.45) is 5.73 Å². The van der Waals surface area contributed by atoms with Crippen LogP contribution in [0.1, 0.15) is 17.3 Å². The summed E-state index contributed by atoms with van der Waals surface area (Å²) in [5.74, 6) is 2.11. The molecule has 17 heavy (non-hydrogen) atoms. The van der Waals surface area contributed by atoms with Crippen molar-refractivity contribution in [3.05, 3.63) is 41.5 Å². The molecule has 0 fully saturated rings. The van der Waals surface area contributed by atoms with E-state index < -0.39 is 0 Å². The minimum atomic E-state index is 0.518. The van der Waals surface area contributed by atoms with Crippen molar-refractivity contribution in [2.75, 3.05) is 13.7 Å². The third-order valence-corrected chi connectivity index (χ3v) is 2.39. The van der Waals surface area contributed by atoms with E-state index in [2.05, 4.69) is 10.1 Å². The normalized spacial score (nSPS) is 10.5. The number of aromatic nitrogens is 2. The lowest BCUT2D eigenvalue weighted by molar-refractivity contribution is 0.375. The number of nitrogens with two attached hydrogens (primary N) is 1. The van der Waals surface area contributed by atoms with Gasteiger partial charge in [0.25, 0.3) is 0 Å². The second-order valence-corrected chi connectivity index (χ2v) is 3.67. The van der Waals surface area contributed by atoms with Gasteiger partial charge < -0.3 is 15.0 Å². The van der Waals surface area contributed by atoms with E-state index in [1.165, 1.54) is 0 Å². The number of methoxy groups -OCH3 is 1. The van der Waals surface area contributed by atoms with E-state index >= 15 is 0 Å². The molecule has 0 unspecified atom stereocenters. The molecule has 0 aliphatic rings. The Kier molecular flexibility index (Phi) is 3.72. The third kappa shape index (κ3) is 3.04. The van der Waals surface area contributed by atoms with Crippen LogP contribution in [0.3, 0.4) is 0 Å². The number of rotatable bonds is 5. The number of benzene rings is 1. The van der Waals surface area contributed by atoms with E-state index in [9.17, 15) is 0 Å². The van der Waals surface area contributed by atoms with E-state index in [1.807, 2.05) is 24.3 Å². The highest BCUT2D eigenvalue weighted by Gasteiger charge is 2.06. The van der Waals surface area contributed by atoms with Crippen LogP contribution in [0.5, 0.6) is 5.75 Å². The second kappa shape index (κ2) is 5.45. The van der Waals surface area contributed by atoms with Crippen molar-refractivity contribution in [3.63, 3.8) is 0 Å². The minimum Gasteiger partial charge on any atom is -0.497 e. The molecule has 2 N–H and O–H groups in total. The van der Waals surface area contributed by atoms with E-state index in [-0.39, 0.29) is 0 Å². The lowest BCUT2D eigenvalue weighted by atomic mass is 10.1. The molecule has 0 saturated heterocycles. The Labute approximate surface area is 99.6 Å². The van der Waals surface area contributed by atoms with Gasteiger partial charge in [0.2, 0.25) is 5.89 Å². The van der Waals surface area contributed by atoms with Crippen molar-refractivity contribution >= 4 is 0 Å². The van der Waals surface area contributed by atoms with Crippen LogP contribution >= 0.6 is 0 Å². The van der Waals surface area contributed by atoms with Crippen molar-refractivity contribution in [1.82, 2.24) is 10.1 Å². The van der Waals surface area contributed by atoms with Gasteiger partial charge in [-0.2, -0.15) is 4.98 Å². The standard InChI is InChI=1S/C12H15N3O2/c1-16-10-4-2-9(3-5-10)8-11-14-12(6-7-13)17-15-11/h2-5H,6-8,13H2,1H3. The molecule has 2 aromatic rings. The predicted octanol–water partition coefficient (Wildman–Crippen LogP) is 1.17. The van der Waals surface area contributed by atoms with Gasteiger partial charge in [-0.15, -0.1) is 0 Å². The number of hydrogen-bond donors (Lipinski definition) is 1. The van der Waals surface area contributed by atoms with E-state index in [0.29, 0.717) is 31.1 Å². The molecule has 1 aromatic heterocycles. The maximum atomic E-state index is 5.41. The first-order chi connectivity index (χ1) is 8.31. The first-order valence-corrected chi connectivity index (χ1v) is 5.46. The van der Waals surface area contributed by atoms with Crippen LogP contribution in [0.2, 0.25) is 0 Å². The SMILES string of the molecule is COc1ccc(Cc2noc(CCN)n2)cc1. The largest absolute Gasteiger partial charge is 0.497 e. The summed E-state index contributed by atoms with van der Waals surface area (Å²) in [6.07, 6.45) is 1.27. The highest BCUT2D eigenvalue weighted by Crippen LogP contribution is 2.13. The van der Waals surface area contributed by atoms with Crippen LogP contribution in [-0.2, 0) is 12.8 Å². The molecule has 2 rings (SSSR count). The van der Waals surface area contributed by atoms with Crippen LogP contribution < -0.4 is 10.5 Å². The van der Waals surface area contributed by atoms with Gasteiger partial charge in [-0.05, 0) is 17.7 Å². The summed E-state index contributed by atoms with van der Waals surface area (Å²) in [6, 6.07) is 7.79. The van der Waals surface area contributed by atoms with Crippen LogP contribution in [0.4, 0.5) is 0 Å². The van der Waals surface area contributed by atoms with E-state index in [4.69, 9.17) is 15.0 Å².